The van der Waals surface area contributed by atoms with Crippen molar-refractivity contribution in [3.63, 3.8) is 0 Å². The molecule has 1 amide bonds. The van der Waals surface area contributed by atoms with Crippen LogP contribution in [-0.4, -0.2) is 46.1 Å². The zero-order valence-electron chi connectivity index (χ0n) is 19.3. The van der Waals surface area contributed by atoms with E-state index in [1.54, 1.807) is 0 Å². The summed E-state index contributed by atoms with van der Waals surface area (Å²) in [4.78, 5) is 20.0. The molecular weight excluding hydrogens is 400 g/mol. The van der Waals surface area contributed by atoms with Crippen molar-refractivity contribution in [2.45, 2.75) is 64.0 Å². The highest BCUT2D eigenvalue weighted by molar-refractivity contribution is 5.79. The van der Waals surface area contributed by atoms with Crippen molar-refractivity contribution < 1.29 is 9.53 Å². The van der Waals surface area contributed by atoms with Gasteiger partial charge in [0.2, 0.25) is 5.91 Å². The topological polar surface area (TPSA) is 59.4 Å². The molecule has 3 aliphatic rings. The number of nitrogens with one attached hydrogen (secondary N) is 1. The molecular formula is C26H36N4O2. The number of ether oxygens (including phenoxy) is 1. The van der Waals surface area contributed by atoms with E-state index in [0.717, 1.165) is 56.9 Å². The van der Waals surface area contributed by atoms with E-state index >= 15 is 0 Å². The highest BCUT2D eigenvalue weighted by atomic mass is 16.5. The van der Waals surface area contributed by atoms with E-state index in [-0.39, 0.29) is 11.8 Å². The van der Waals surface area contributed by atoms with Gasteiger partial charge in [-0.25, -0.2) is 4.98 Å². The maximum absolute atomic E-state index is 13.1. The molecule has 1 aromatic heterocycles. The van der Waals surface area contributed by atoms with E-state index in [1.807, 2.05) is 19.4 Å². The molecule has 1 saturated heterocycles. The predicted octanol–water partition coefficient (Wildman–Crippen LogP) is 3.48. The summed E-state index contributed by atoms with van der Waals surface area (Å²) in [5.74, 6) is 2.58. The quantitative estimate of drug-likeness (QED) is 0.722. The lowest BCUT2D eigenvalue weighted by atomic mass is 9.88. The number of amides is 1. The van der Waals surface area contributed by atoms with Crippen molar-refractivity contribution in [3.8, 4) is 5.75 Å². The number of fused-ring (bicyclic) bond motifs is 1. The highest BCUT2D eigenvalue weighted by Crippen LogP contribution is 2.29. The zero-order chi connectivity index (χ0) is 21.9. The second-order valence-corrected chi connectivity index (χ2v) is 10.0. The third-order valence-electron chi connectivity index (χ3n) is 7.53. The fourth-order valence-corrected chi connectivity index (χ4v) is 5.73. The van der Waals surface area contributed by atoms with Crippen LogP contribution < -0.4 is 10.1 Å². The molecule has 32 heavy (non-hydrogen) atoms. The predicted molar refractivity (Wildman–Crippen MR) is 124 cm³/mol. The number of aryl methyl sites for hydroxylation is 3. The van der Waals surface area contributed by atoms with E-state index in [4.69, 9.17) is 4.74 Å². The van der Waals surface area contributed by atoms with E-state index in [1.165, 1.54) is 36.8 Å². The summed E-state index contributed by atoms with van der Waals surface area (Å²) >= 11 is 0. The lowest BCUT2D eigenvalue weighted by molar-refractivity contribution is -0.128. The monoisotopic (exact) mass is 436 g/mol. The fraction of sp³-hybridized carbons (Fsp3) is 0.615. The van der Waals surface area contributed by atoms with Gasteiger partial charge in [0, 0.05) is 44.5 Å². The molecule has 2 atom stereocenters. The Morgan fingerprint density at radius 1 is 1.16 bits per heavy atom. The maximum Gasteiger partial charge on any atom is 0.224 e. The van der Waals surface area contributed by atoms with Crippen LogP contribution in [0.4, 0.5) is 0 Å². The van der Waals surface area contributed by atoms with Gasteiger partial charge in [0.25, 0.3) is 0 Å². The Morgan fingerprint density at radius 3 is 2.81 bits per heavy atom. The Kier molecular flexibility index (Phi) is 6.49. The Bertz CT molecular complexity index is 934. The van der Waals surface area contributed by atoms with Crippen LogP contribution in [0.3, 0.4) is 0 Å². The summed E-state index contributed by atoms with van der Waals surface area (Å²) < 4.78 is 8.33. The molecule has 0 bridgehead atoms. The van der Waals surface area contributed by atoms with Gasteiger partial charge in [-0.3, -0.25) is 9.69 Å². The Hall–Kier alpha value is -2.34. The van der Waals surface area contributed by atoms with Crippen LogP contribution in [0.25, 0.3) is 0 Å². The number of nitrogens with zero attached hydrogens (tertiary/aromatic N) is 3. The molecule has 1 aromatic carbocycles. The number of hydrogen-bond acceptors (Lipinski definition) is 4. The number of benzene rings is 1. The van der Waals surface area contributed by atoms with Crippen LogP contribution in [0.15, 0.2) is 30.6 Å². The van der Waals surface area contributed by atoms with E-state index < -0.39 is 0 Å². The Morgan fingerprint density at radius 2 is 2.00 bits per heavy atom. The molecule has 2 aliphatic carbocycles. The van der Waals surface area contributed by atoms with Gasteiger partial charge in [0.15, 0.2) is 0 Å². The number of piperidine rings is 1. The summed E-state index contributed by atoms with van der Waals surface area (Å²) in [6, 6.07) is 6.93. The van der Waals surface area contributed by atoms with Crippen molar-refractivity contribution in [1.82, 2.24) is 19.8 Å². The third-order valence-corrected chi connectivity index (χ3v) is 7.53. The zero-order valence-corrected chi connectivity index (χ0v) is 19.3. The van der Waals surface area contributed by atoms with Crippen molar-refractivity contribution in [2.75, 3.05) is 19.7 Å². The first kappa shape index (κ1) is 21.5. The van der Waals surface area contributed by atoms with Crippen molar-refractivity contribution in [2.24, 2.45) is 18.9 Å². The van der Waals surface area contributed by atoms with Crippen LogP contribution >= 0.6 is 0 Å². The smallest absolute Gasteiger partial charge is 0.224 e. The Balaban J connectivity index is 1.24. The lowest BCUT2D eigenvalue weighted by Gasteiger charge is -2.37. The van der Waals surface area contributed by atoms with Crippen LogP contribution in [0.5, 0.6) is 5.75 Å². The molecule has 0 spiro atoms. The molecule has 6 nitrogen and oxygen atoms in total. The van der Waals surface area contributed by atoms with Gasteiger partial charge >= 0.3 is 0 Å². The Labute approximate surface area is 191 Å². The normalized spacial score (nSPS) is 23.9. The molecule has 0 unspecified atom stereocenters. The molecule has 172 valence electrons. The van der Waals surface area contributed by atoms with E-state index in [0.29, 0.717) is 18.6 Å². The number of imidazole rings is 1. The largest absolute Gasteiger partial charge is 0.493 e. The second-order valence-electron chi connectivity index (χ2n) is 10.0. The summed E-state index contributed by atoms with van der Waals surface area (Å²) in [5.41, 5.74) is 2.91. The SMILES string of the molecule is Cn1ccnc1CN1C[C@@H](COc2ccc3c(c2)CCC3)C[C@@H](C(=O)NC2CCCC2)C1. The van der Waals surface area contributed by atoms with Gasteiger partial charge < -0.3 is 14.6 Å². The highest BCUT2D eigenvalue weighted by Gasteiger charge is 2.33. The molecule has 1 N–H and O–H groups in total. The average molecular weight is 437 g/mol. The first-order valence-electron chi connectivity index (χ1n) is 12.4. The molecule has 2 fully saturated rings. The van der Waals surface area contributed by atoms with Crippen LogP contribution in [0.1, 0.15) is 55.5 Å². The van der Waals surface area contributed by atoms with Gasteiger partial charge in [0.1, 0.15) is 11.6 Å². The summed E-state index contributed by atoms with van der Waals surface area (Å²) in [7, 11) is 2.03. The van der Waals surface area contributed by atoms with Gasteiger partial charge in [-0.1, -0.05) is 18.9 Å². The molecule has 0 radical (unpaired) electrons. The number of aromatic nitrogens is 2. The van der Waals surface area contributed by atoms with Gasteiger partial charge in [-0.2, -0.15) is 0 Å². The number of rotatable bonds is 7. The van der Waals surface area contributed by atoms with Gasteiger partial charge in [-0.15, -0.1) is 0 Å². The molecule has 2 heterocycles. The molecule has 1 saturated carbocycles. The lowest BCUT2D eigenvalue weighted by Crippen LogP contribution is -2.49. The molecule has 1 aliphatic heterocycles. The van der Waals surface area contributed by atoms with Gasteiger partial charge in [0.05, 0.1) is 19.1 Å². The fourth-order valence-electron chi connectivity index (χ4n) is 5.73. The summed E-state index contributed by atoms with van der Waals surface area (Å²) in [5, 5.41) is 3.33. The average Bonchev–Trinajstić information content (AvgIpc) is 3.55. The molecule has 6 heteroatoms. The van der Waals surface area contributed by atoms with Crippen molar-refractivity contribution in [1.29, 1.82) is 0 Å². The second kappa shape index (κ2) is 9.65. The number of hydrogen-bond donors (Lipinski definition) is 1. The molecule has 5 rings (SSSR count). The van der Waals surface area contributed by atoms with Crippen molar-refractivity contribution >= 4 is 5.91 Å². The molecule has 2 aromatic rings. The summed E-state index contributed by atoms with van der Waals surface area (Å²) in [6.45, 7) is 3.15. The van der Waals surface area contributed by atoms with Gasteiger partial charge in [-0.05, 0) is 61.8 Å². The first-order valence-corrected chi connectivity index (χ1v) is 12.4. The maximum atomic E-state index is 13.1. The van der Waals surface area contributed by atoms with E-state index in [9.17, 15) is 4.79 Å². The van der Waals surface area contributed by atoms with Crippen LogP contribution in [0, 0.1) is 11.8 Å². The van der Waals surface area contributed by atoms with Crippen LogP contribution in [0.2, 0.25) is 0 Å². The summed E-state index contributed by atoms with van der Waals surface area (Å²) in [6.07, 6.45) is 13.0. The minimum Gasteiger partial charge on any atom is -0.493 e. The minimum atomic E-state index is 0.0123. The minimum absolute atomic E-state index is 0.0123. The number of carbonyl (C=O) groups is 1. The number of likely N-dealkylation sites (tertiary alicyclic amines) is 1. The van der Waals surface area contributed by atoms with E-state index in [2.05, 4.69) is 38.0 Å². The van der Waals surface area contributed by atoms with Crippen molar-refractivity contribution in [3.05, 3.63) is 47.5 Å². The third kappa shape index (κ3) is 5.01. The first-order chi connectivity index (χ1) is 15.6. The van der Waals surface area contributed by atoms with Crippen LogP contribution in [-0.2, 0) is 31.2 Å². The standard InChI is InChI=1S/C26H36N4O2/c1-29-12-11-27-25(29)17-30-15-19(13-22(16-30)26(31)28-23-7-2-3-8-23)18-32-24-10-9-20-5-4-6-21(20)14-24/h9-12,14,19,22-23H,2-8,13,15-18H2,1H3,(H,28,31)/t19-,22+/m0/s1. The number of carbonyl (C=O) groups excluding carboxylic acids is 1.